The van der Waals surface area contributed by atoms with E-state index in [9.17, 15) is 4.79 Å². The van der Waals surface area contributed by atoms with Gasteiger partial charge < -0.3 is 13.3 Å². The van der Waals surface area contributed by atoms with Crippen LogP contribution in [0.5, 0.6) is 0 Å². The minimum atomic E-state index is -2.88. The van der Waals surface area contributed by atoms with E-state index in [1.165, 1.54) is 0 Å². The molecule has 0 radical (unpaired) electrons. The first-order valence-corrected chi connectivity index (χ1v) is 10.3. The first kappa shape index (κ1) is 20.1. The molecule has 20 heavy (non-hydrogen) atoms. The van der Waals surface area contributed by atoms with E-state index in [0.717, 1.165) is 37.9 Å². The van der Waals surface area contributed by atoms with E-state index in [-0.39, 0.29) is 11.3 Å². The molecule has 0 heterocycles. The zero-order valence-corrected chi connectivity index (χ0v) is 15.4. The van der Waals surface area contributed by atoms with Gasteiger partial charge in [0.05, 0.1) is 11.3 Å². The van der Waals surface area contributed by atoms with Crippen molar-refractivity contribution in [3.63, 3.8) is 0 Å². The summed E-state index contributed by atoms with van der Waals surface area (Å²) in [5, 5.41) is 0. The van der Waals surface area contributed by atoms with Gasteiger partial charge in [0.2, 0.25) is 0 Å². The summed E-state index contributed by atoms with van der Waals surface area (Å²) in [5.74, 6) is 1.74. The average molecular weight is 323 g/mol. The fourth-order valence-corrected chi connectivity index (χ4v) is 5.62. The molecule has 0 fully saturated rings. The van der Waals surface area contributed by atoms with Crippen molar-refractivity contribution in [1.82, 2.24) is 0 Å². The number of hydrogen-bond acceptors (Lipinski definition) is 5. The Morgan fingerprint density at radius 2 is 1.65 bits per heavy atom. The van der Waals surface area contributed by atoms with Crippen LogP contribution in [0.25, 0.3) is 0 Å². The molecule has 6 heteroatoms. The van der Waals surface area contributed by atoms with Gasteiger partial charge in [-0.25, -0.2) is 0 Å². The van der Waals surface area contributed by atoms with Crippen LogP contribution in [0.15, 0.2) is 0 Å². The van der Waals surface area contributed by atoms with Gasteiger partial charge in [-0.05, 0) is 18.6 Å². The van der Waals surface area contributed by atoms with E-state index in [4.69, 9.17) is 13.3 Å². The van der Waals surface area contributed by atoms with Crippen LogP contribution in [0.3, 0.4) is 0 Å². The highest BCUT2D eigenvalue weighted by Crippen LogP contribution is 2.31. The summed E-state index contributed by atoms with van der Waals surface area (Å²) in [4.78, 5) is 12.5. The molecule has 0 saturated carbocycles. The molecule has 0 aromatic heterocycles. The summed E-state index contributed by atoms with van der Waals surface area (Å²) >= 11 is 1.68. The smallest absolute Gasteiger partial charge is 0.376 e. The number of carbonyl (C=O) groups excluding carboxylic acids is 1. The molecule has 0 N–H and O–H groups in total. The van der Waals surface area contributed by atoms with E-state index < -0.39 is 8.80 Å². The van der Waals surface area contributed by atoms with Crippen molar-refractivity contribution in [2.75, 3.05) is 32.8 Å². The summed E-state index contributed by atoms with van der Waals surface area (Å²) in [6, 6.07) is 0. The van der Waals surface area contributed by atoms with Crippen LogP contribution < -0.4 is 0 Å². The number of thioether (sulfide) groups is 1. The molecule has 0 bridgehead atoms. The third kappa shape index (κ3) is 6.26. The van der Waals surface area contributed by atoms with Crippen LogP contribution in [0.2, 0.25) is 5.54 Å². The third-order valence-electron chi connectivity index (χ3n) is 3.36. The number of Topliss-reactive ketones (excluding diaryl/α,β-unsaturated/α-hetero) is 1. The maximum atomic E-state index is 12.5. The number of rotatable bonds is 13. The predicted molar refractivity (Wildman–Crippen MR) is 87.3 cm³/mol. The molecule has 0 spiro atoms. The van der Waals surface area contributed by atoms with Crippen molar-refractivity contribution in [2.45, 2.75) is 51.5 Å². The van der Waals surface area contributed by atoms with Crippen molar-refractivity contribution < 1.29 is 18.1 Å². The standard InChI is InChI=1S/C14H30O4SSi/c1-6-8-9-10-14(13(15)12-19-11-7-2)20(16-3,17-4)18-5/h14H,6-12H2,1-5H3. The van der Waals surface area contributed by atoms with Crippen molar-refractivity contribution in [1.29, 1.82) is 0 Å². The van der Waals surface area contributed by atoms with E-state index in [1.807, 2.05) is 0 Å². The Balaban J connectivity index is 4.80. The Kier molecular flexibility index (Phi) is 11.8. The second kappa shape index (κ2) is 11.7. The minimum absolute atomic E-state index is 0.205. The maximum absolute atomic E-state index is 12.5. The van der Waals surface area contributed by atoms with Gasteiger partial charge in [-0.2, -0.15) is 11.8 Å². The molecule has 1 atom stereocenters. The van der Waals surface area contributed by atoms with Gasteiger partial charge in [0.25, 0.3) is 0 Å². The van der Waals surface area contributed by atoms with Gasteiger partial charge in [-0.3, -0.25) is 4.79 Å². The van der Waals surface area contributed by atoms with Gasteiger partial charge in [-0.15, -0.1) is 0 Å². The fourth-order valence-electron chi connectivity index (χ4n) is 2.23. The molecule has 0 aromatic rings. The topological polar surface area (TPSA) is 44.8 Å². The fraction of sp³-hybridized carbons (Fsp3) is 0.929. The van der Waals surface area contributed by atoms with Crippen molar-refractivity contribution in [2.24, 2.45) is 0 Å². The van der Waals surface area contributed by atoms with Crippen LogP contribution in [-0.2, 0) is 18.1 Å². The predicted octanol–water partition coefficient (Wildman–Crippen LogP) is 3.53. The van der Waals surface area contributed by atoms with E-state index in [1.54, 1.807) is 33.1 Å². The van der Waals surface area contributed by atoms with Gasteiger partial charge in [0.1, 0.15) is 5.78 Å². The lowest BCUT2D eigenvalue weighted by Gasteiger charge is -2.31. The highest BCUT2D eigenvalue weighted by atomic mass is 32.2. The molecular formula is C14H30O4SSi. The van der Waals surface area contributed by atoms with Crippen molar-refractivity contribution in [3.8, 4) is 0 Å². The van der Waals surface area contributed by atoms with Crippen molar-refractivity contribution in [3.05, 3.63) is 0 Å². The Hall–Kier alpha value is 0.117. The van der Waals surface area contributed by atoms with Gasteiger partial charge >= 0.3 is 8.80 Å². The second-order valence-corrected chi connectivity index (χ2v) is 9.02. The van der Waals surface area contributed by atoms with E-state index in [2.05, 4.69) is 13.8 Å². The van der Waals surface area contributed by atoms with Crippen LogP contribution >= 0.6 is 11.8 Å². The van der Waals surface area contributed by atoms with Gasteiger partial charge in [0, 0.05) is 21.3 Å². The first-order valence-electron chi connectivity index (χ1n) is 7.37. The summed E-state index contributed by atoms with van der Waals surface area (Å²) < 4.78 is 16.6. The van der Waals surface area contributed by atoms with Gasteiger partial charge in [-0.1, -0.05) is 33.1 Å². The average Bonchev–Trinajstić information content (AvgIpc) is 2.47. The molecule has 0 aliphatic carbocycles. The molecule has 0 saturated heterocycles. The quantitative estimate of drug-likeness (QED) is 0.383. The van der Waals surface area contributed by atoms with Crippen LogP contribution in [-0.4, -0.2) is 47.4 Å². The lowest BCUT2D eigenvalue weighted by Crippen LogP contribution is -2.50. The zero-order valence-electron chi connectivity index (χ0n) is 13.6. The highest BCUT2D eigenvalue weighted by Gasteiger charge is 2.50. The van der Waals surface area contributed by atoms with E-state index in [0.29, 0.717) is 5.75 Å². The number of hydrogen-bond donors (Lipinski definition) is 0. The van der Waals surface area contributed by atoms with Crippen LogP contribution in [0.1, 0.15) is 46.0 Å². The molecule has 120 valence electrons. The zero-order chi connectivity index (χ0) is 15.4. The lowest BCUT2D eigenvalue weighted by atomic mass is 10.1. The van der Waals surface area contributed by atoms with E-state index >= 15 is 0 Å². The molecule has 0 aliphatic heterocycles. The molecule has 0 rings (SSSR count). The van der Waals surface area contributed by atoms with Gasteiger partial charge in [0.15, 0.2) is 0 Å². The number of ketones is 1. The lowest BCUT2D eigenvalue weighted by molar-refractivity contribution is -0.118. The maximum Gasteiger partial charge on any atom is 0.511 e. The Bertz CT molecular complexity index is 251. The SMILES string of the molecule is CCCCCC(C(=O)CSCCC)[Si](OC)(OC)OC. The molecule has 1 unspecified atom stereocenters. The van der Waals surface area contributed by atoms with Crippen LogP contribution in [0.4, 0.5) is 0 Å². The number of unbranched alkanes of at least 4 members (excludes halogenated alkanes) is 2. The third-order valence-corrected chi connectivity index (χ3v) is 7.71. The molecule has 0 amide bonds. The molecule has 0 aromatic carbocycles. The Labute approximate surface area is 129 Å². The summed E-state index contributed by atoms with van der Waals surface area (Å²) in [6.07, 6.45) is 5.14. The molecule has 4 nitrogen and oxygen atoms in total. The highest BCUT2D eigenvalue weighted by molar-refractivity contribution is 7.99. The summed E-state index contributed by atoms with van der Waals surface area (Å²) in [7, 11) is 1.86. The molecular weight excluding hydrogens is 292 g/mol. The monoisotopic (exact) mass is 322 g/mol. The second-order valence-electron chi connectivity index (χ2n) is 4.78. The minimum Gasteiger partial charge on any atom is -0.376 e. The molecule has 0 aliphatic rings. The number of carbonyl (C=O) groups is 1. The first-order chi connectivity index (χ1) is 9.61. The summed E-state index contributed by atoms with van der Waals surface area (Å²) in [5.41, 5.74) is -0.238. The normalized spacial score (nSPS) is 13.4. The van der Waals surface area contributed by atoms with Crippen molar-refractivity contribution >= 4 is 26.3 Å². The van der Waals surface area contributed by atoms with Crippen LogP contribution in [0, 0.1) is 0 Å². The largest absolute Gasteiger partial charge is 0.511 e. The Morgan fingerprint density at radius 1 is 1.05 bits per heavy atom. The summed E-state index contributed by atoms with van der Waals surface area (Å²) in [6.45, 7) is 4.27. The Morgan fingerprint density at radius 3 is 2.10 bits per heavy atom.